The molecule has 4 heteroatoms. The zero-order valence-electron chi connectivity index (χ0n) is 13.1. The molecule has 0 bridgehead atoms. The Kier molecular flexibility index (Phi) is 4.81. The van der Waals surface area contributed by atoms with E-state index in [9.17, 15) is 9.90 Å². The van der Waals surface area contributed by atoms with Crippen LogP contribution in [0.25, 0.3) is 0 Å². The van der Waals surface area contributed by atoms with Crippen molar-refractivity contribution in [3.8, 4) is 5.75 Å². The molecule has 0 fully saturated rings. The number of esters is 1. The van der Waals surface area contributed by atoms with Gasteiger partial charge in [0.2, 0.25) is 0 Å². The van der Waals surface area contributed by atoms with Crippen LogP contribution in [0.4, 0.5) is 0 Å². The fraction of sp³-hybridized carbons (Fsp3) is 0.562. The molecule has 1 N–H and O–H groups in total. The normalized spacial score (nSPS) is 16.1. The van der Waals surface area contributed by atoms with Crippen molar-refractivity contribution in [1.29, 1.82) is 0 Å². The Labute approximate surface area is 120 Å². The molecular formula is C16H24O4. The third kappa shape index (κ3) is 3.73. The van der Waals surface area contributed by atoms with Crippen LogP contribution in [0.3, 0.4) is 0 Å². The molecule has 0 aliphatic heterocycles. The first kappa shape index (κ1) is 16.5. The zero-order valence-corrected chi connectivity index (χ0v) is 13.1. The fourth-order valence-electron chi connectivity index (χ4n) is 1.92. The predicted octanol–water partition coefficient (Wildman–Crippen LogP) is 2.88. The summed E-state index contributed by atoms with van der Waals surface area (Å²) < 4.78 is 10.6. The minimum Gasteiger partial charge on any atom is -0.496 e. The highest BCUT2D eigenvalue weighted by Gasteiger charge is 2.39. The Morgan fingerprint density at radius 1 is 1.20 bits per heavy atom. The Morgan fingerprint density at radius 2 is 1.75 bits per heavy atom. The highest BCUT2D eigenvalue weighted by Crippen LogP contribution is 2.36. The van der Waals surface area contributed by atoms with Crippen molar-refractivity contribution in [2.45, 2.75) is 45.8 Å². The number of methoxy groups -OCH3 is 1. The molecule has 0 radical (unpaired) electrons. The van der Waals surface area contributed by atoms with Crippen LogP contribution in [-0.2, 0) is 15.1 Å². The van der Waals surface area contributed by atoms with E-state index in [1.807, 2.05) is 6.07 Å². The first-order chi connectivity index (χ1) is 9.09. The average molecular weight is 280 g/mol. The highest BCUT2D eigenvalue weighted by atomic mass is 16.6. The molecule has 0 amide bonds. The summed E-state index contributed by atoms with van der Waals surface area (Å²) in [4.78, 5) is 12.2. The van der Waals surface area contributed by atoms with Crippen LogP contribution < -0.4 is 4.74 Å². The summed E-state index contributed by atoms with van der Waals surface area (Å²) >= 11 is 0. The molecule has 1 aromatic rings. The molecule has 0 aromatic heterocycles. The van der Waals surface area contributed by atoms with Crippen molar-refractivity contribution in [3.05, 3.63) is 29.8 Å². The van der Waals surface area contributed by atoms with Gasteiger partial charge in [-0.25, -0.2) is 0 Å². The number of hydrogen-bond acceptors (Lipinski definition) is 4. The van der Waals surface area contributed by atoms with Crippen LogP contribution in [0, 0.1) is 5.92 Å². The molecule has 0 aliphatic carbocycles. The van der Waals surface area contributed by atoms with E-state index in [4.69, 9.17) is 9.47 Å². The third-order valence-electron chi connectivity index (χ3n) is 3.26. The van der Waals surface area contributed by atoms with Crippen molar-refractivity contribution in [2.75, 3.05) is 7.11 Å². The molecule has 0 saturated carbocycles. The van der Waals surface area contributed by atoms with Crippen molar-refractivity contribution in [2.24, 2.45) is 5.92 Å². The minimum absolute atomic E-state index is 0.437. The molecule has 0 saturated heterocycles. The number of aliphatic hydroxyl groups is 1. The van der Waals surface area contributed by atoms with Gasteiger partial charge < -0.3 is 14.6 Å². The van der Waals surface area contributed by atoms with Crippen LogP contribution in [-0.4, -0.2) is 23.8 Å². The lowest BCUT2D eigenvalue weighted by Crippen LogP contribution is -2.39. The number of benzene rings is 1. The number of ether oxygens (including phenoxy) is 2. The lowest BCUT2D eigenvalue weighted by Gasteiger charge is -2.32. The van der Waals surface area contributed by atoms with Crippen molar-refractivity contribution < 1.29 is 19.4 Å². The molecule has 0 heterocycles. The van der Waals surface area contributed by atoms with Crippen LogP contribution in [0.15, 0.2) is 24.3 Å². The number of rotatable bonds is 4. The minimum atomic E-state index is -1.37. The second kappa shape index (κ2) is 5.83. The van der Waals surface area contributed by atoms with Gasteiger partial charge in [0.05, 0.1) is 13.0 Å². The Morgan fingerprint density at radius 3 is 2.25 bits per heavy atom. The van der Waals surface area contributed by atoms with E-state index in [0.29, 0.717) is 11.3 Å². The summed E-state index contributed by atoms with van der Waals surface area (Å²) in [5.41, 5.74) is -1.38. The summed E-state index contributed by atoms with van der Waals surface area (Å²) in [6.45, 7) is 8.65. The van der Waals surface area contributed by atoms with Gasteiger partial charge in [0.1, 0.15) is 17.0 Å². The summed E-state index contributed by atoms with van der Waals surface area (Å²) in [6, 6.07) is 7.12. The Balaban J connectivity index is 3.06. The topological polar surface area (TPSA) is 55.8 Å². The van der Waals surface area contributed by atoms with Crippen molar-refractivity contribution >= 4 is 5.97 Å². The second-order valence-corrected chi connectivity index (χ2v) is 6.10. The van der Waals surface area contributed by atoms with Crippen LogP contribution >= 0.6 is 0 Å². The lowest BCUT2D eigenvalue weighted by atomic mass is 9.83. The van der Waals surface area contributed by atoms with Gasteiger partial charge in [0.15, 0.2) is 0 Å². The van der Waals surface area contributed by atoms with Gasteiger partial charge in [0, 0.05) is 5.56 Å². The number of para-hydroxylation sites is 1. The first-order valence-corrected chi connectivity index (χ1v) is 6.68. The second-order valence-electron chi connectivity index (χ2n) is 6.10. The van der Waals surface area contributed by atoms with E-state index in [1.165, 1.54) is 7.11 Å². The molecular weight excluding hydrogens is 256 g/mol. The maximum Gasteiger partial charge on any atom is 0.312 e. The Bertz CT molecular complexity index is 472. The molecule has 2 unspecified atom stereocenters. The van der Waals surface area contributed by atoms with Gasteiger partial charge >= 0.3 is 5.97 Å². The van der Waals surface area contributed by atoms with Crippen LogP contribution in [0.5, 0.6) is 5.75 Å². The number of hydrogen-bond donors (Lipinski definition) is 1. The third-order valence-corrected chi connectivity index (χ3v) is 3.26. The standard InChI is InChI=1S/C16H24O4/c1-11(14(17)20-15(2,3)4)16(5,18)12-9-7-8-10-13(12)19-6/h7-11,18H,1-6H3. The molecule has 112 valence electrons. The zero-order chi connectivity index (χ0) is 15.6. The van der Waals surface area contributed by atoms with Crippen LogP contribution in [0.1, 0.15) is 40.2 Å². The quantitative estimate of drug-likeness (QED) is 0.862. The SMILES string of the molecule is COc1ccccc1C(C)(O)C(C)C(=O)OC(C)(C)C. The van der Waals surface area contributed by atoms with E-state index in [0.717, 1.165) is 0 Å². The van der Waals surface area contributed by atoms with Crippen LogP contribution in [0.2, 0.25) is 0 Å². The summed E-state index contributed by atoms with van der Waals surface area (Å²) in [6.07, 6.45) is 0. The molecule has 0 spiro atoms. The maximum atomic E-state index is 12.2. The van der Waals surface area contributed by atoms with E-state index >= 15 is 0 Å². The van der Waals surface area contributed by atoms with Crippen molar-refractivity contribution in [3.63, 3.8) is 0 Å². The van der Waals surface area contributed by atoms with Gasteiger partial charge in [-0.05, 0) is 40.7 Å². The molecule has 4 nitrogen and oxygen atoms in total. The molecule has 20 heavy (non-hydrogen) atoms. The van der Waals surface area contributed by atoms with Gasteiger partial charge in [0.25, 0.3) is 0 Å². The van der Waals surface area contributed by atoms with E-state index < -0.39 is 23.1 Å². The summed E-state index contributed by atoms with van der Waals surface area (Å²) in [5.74, 6) is -0.598. The molecule has 0 aliphatic rings. The van der Waals surface area contributed by atoms with Gasteiger partial charge in [-0.15, -0.1) is 0 Å². The van der Waals surface area contributed by atoms with Gasteiger partial charge in [-0.3, -0.25) is 4.79 Å². The summed E-state index contributed by atoms with van der Waals surface area (Å²) in [5, 5.41) is 10.8. The maximum absolute atomic E-state index is 12.2. The summed E-state index contributed by atoms with van der Waals surface area (Å²) in [7, 11) is 1.53. The molecule has 1 aromatic carbocycles. The smallest absolute Gasteiger partial charge is 0.312 e. The number of carbonyl (C=O) groups excluding carboxylic acids is 1. The average Bonchev–Trinajstić information content (AvgIpc) is 2.35. The Hall–Kier alpha value is -1.55. The van der Waals surface area contributed by atoms with E-state index in [2.05, 4.69) is 0 Å². The molecule has 1 rings (SSSR count). The first-order valence-electron chi connectivity index (χ1n) is 6.68. The highest BCUT2D eigenvalue weighted by molar-refractivity contribution is 5.74. The lowest BCUT2D eigenvalue weighted by molar-refractivity contribution is -0.168. The number of carbonyl (C=O) groups is 1. The predicted molar refractivity (Wildman–Crippen MR) is 77.6 cm³/mol. The molecule has 2 atom stereocenters. The van der Waals surface area contributed by atoms with Gasteiger partial charge in [-0.1, -0.05) is 18.2 Å². The fourth-order valence-corrected chi connectivity index (χ4v) is 1.92. The van der Waals surface area contributed by atoms with Crippen molar-refractivity contribution in [1.82, 2.24) is 0 Å². The largest absolute Gasteiger partial charge is 0.496 e. The monoisotopic (exact) mass is 280 g/mol. The van der Waals surface area contributed by atoms with Gasteiger partial charge in [-0.2, -0.15) is 0 Å². The van der Waals surface area contributed by atoms with E-state index in [-0.39, 0.29) is 0 Å². The van der Waals surface area contributed by atoms with E-state index in [1.54, 1.807) is 52.8 Å².